The third-order valence-electron chi connectivity index (χ3n) is 1.82. The second-order valence-corrected chi connectivity index (χ2v) is 3.36. The zero-order valence-corrected chi connectivity index (χ0v) is 8.76. The number of esters is 1. The number of carbonyl (C=O) groups is 2. The zero-order valence-electron chi connectivity index (χ0n) is 8.01. The Hall–Kier alpha value is -0.570. The highest BCUT2D eigenvalue weighted by molar-refractivity contribution is 6.61. The summed E-state index contributed by atoms with van der Waals surface area (Å²) < 4.78 is 4.23. The zero-order chi connectivity index (χ0) is 10.3. The van der Waals surface area contributed by atoms with E-state index in [0.29, 0.717) is 0 Å². The average Bonchev–Trinajstić information content (AvgIpc) is 2.03. The van der Waals surface area contributed by atoms with Crippen LogP contribution in [0.3, 0.4) is 0 Å². The summed E-state index contributed by atoms with van der Waals surface area (Å²) in [7, 11) is 0. The molecule has 0 rings (SSSR count). The van der Waals surface area contributed by atoms with Crippen LogP contribution in [0.5, 0.6) is 0 Å². The molecule has 0 aliphatic carbocycles. The molecule has 0 bridgehead atoms. The van der Waals surface area contributed by atoms with Gasteiger partial charge >= 0.3 is 11.4 Å². The first kappa shape index (κ1) is 12.4. The number of rotatable bonds is 5. The molecule has 4 heteroatoms. The van der Waals surface area contributed by atoms with E-state index < -0.39 is 11.4 Å². The van der Waals surface area contributed by atoms with Crippen LogP contribution < -0.4 is 0 Å². The smallest absolute Gasteiger partial charge is 0.380 e. The minimum Gasteiger partial charge on any atom is -0.380 e. The summed E-state index contributed by atoms with van der Waals surface area (Å²) in [6.07, 6.45) is 3.92. The van der Waals surface area contributed by atoms with Crippen molar-refractivity contribution in [1.82, 2.24) is 0 Å². The Balaban J connectivity index is 3.63. The normalized spacial score (nSPS) is 12.2. The summed E-state index contributed by atoms with van der Waals surface area (Å²) in [5.74, 6) is -0.773. The topological polar surface area (TPSA) is 43.4 Å². The molecule has 0 heterocycles. The third kappa shape index (κ3) is 6.58. The lowest BCUT2D eigenvalue weighted by molar-refractivity contribution is -0.140. The summed E-state index contributed by atoms with van der Waals surface area (Å²) in [4.78, 5) is 21.2. The number of unbranched alkanes of at least 4 members (excludes halogenated alkanes) is 2. The van der Waals surface area contributed by atoms with Crippen LogP contribution in [0.15, 0.2) is 0 Å². The summed E-state index contributed by atoms with van der Waals surface area (Å²) in [6, 6.07) is 0. The number of carbonyl (C=O) groups excluding carboxylic acids is 2. The summed E-state index contributed by atoms with van der Waals surface area (Å²) in [6.45, 7) is 3.82. The van der Waals surface area contributed by atoms with Crippen molar-refractivity contribution < 1.29 is 14.3 Å². The van der Waals surface area contributed by atoms with Crippen molar-refractivity contribution in [3.05, 3.63) is 0 Å². The quantitative estimate of drug-likeness (QED) is 0.301. The maximum absolute atomic E-state index is 11.0. The molecule has 0 spiro atoms. The Labute approximate surface area is 83.4 Å². The van der Waals surface area contributed by atoms with Gasteiger partial charge in [0, 0.05) is 11.6 Å². The van der Waals surface area contributed by atoms with Crippen LogP contribution in [0, 0.1) is 5.92 Å². The third-order valence-corrected chi connectivity index (χ3v) is 1.90. The van der Waals surface area contributed by atoms with Crippen molar-refractivity contribution in [2.45, 2.75) is 39.5 Å². The molecule has 0 saturated heterocycles. The van der Waals surface area contributed by atoms with Gasteiger partial charge in [-0.1, -0.05) is 33.1 Å². The fourth-order valence-electron chi connectivity index (χ4n) is 0.998. The van der Waals surface area contributed by atoms with Crippen LogP contribution in [0.25, 0.3) is 0 Å². The minimum atomic E-state index is -1.05. The molecule has 0 aliphatic rings. The lowest BCUT2D eigenvalue weighted by atomic mass is 10.0. The molecule has 3 nitrogen and oxygen atoms in total. The molecule has 76 valence electrons. The highest BCUT2D eigenvalue weighted by Crippen LogP contribution is 2.11. The number of ether oxygens (including phenoxy) is 1. The van der Waals surface area contributed by atoms with Gasteiger partial charge in [-0.05, 0) is 6.42 Å². The van der Waals surface area contributed by atoms with Crippen molar-refractivity contribution >= 4 is 23.0 Å². The van der Waals surface area contributed by atoms with Crippen molar-refractivity contribution in [3.63, 3.8) is 0 Å². The van der Waals surface area contributed by atoms with Crippen LogP contribution in [0.2, 0.25) is 0 Å². The molecule has 0 fully saturated rings. The van der Waals surface area contributed by atoms with Crippen LogP contribution in [-0.2, 0) is 9.53 Å². The van der Waals surface area contributed by atoms with E-state index in [-0.39, 0.29) is 5.92 Å². The molecular weight excluding hydrogens is 192 g/mol. The minimum absolute atomic E-state index is 0.241. The van der Waals surface area contributed by atoms with Crippen LogP contribution in [0.1, 0.15) is 39.5 Å². The van der Waals surface area contributed by atoms with Crippen LogP contribution >= 0.6 is 11.6 Å². The Morgan fingerprint density at radius 1 is 1.38 bits per heavy atom. The van der Waals surface area contributed by atoms with Crippen LogP contribution in [0.4, 0.5) is 4.79 Å². The van der Waals surface area contributed by atoms with E-state index in [1.165, 1.54) is 0 Å². The molecule has 1 unspecified atom stereocenters. The van der Waals surface area contributed by atoms with Crippen molar-refractivity contribution in [2.75, 3.05) is 0 Å². The number of halogens is 1. The predicted molar refractivity (Wildman–Crippen MR) is 50.6 cm³/mol. The highest BCUT2D eigenvalue weighted by Gasteiger charge is 2.16. The van der Waals surface area contributed by atoms with E-state index in [9.17, 15) is 9.59 Å². The van der Waals surface area contributed by atoms with E-state index in [2.05, 4.69) is 11.7 Å². The molecule has 0 aliphatic heterocycles. The van der Waals surface area contributed by atoms with Crippen LogP contribution in [-0.4, -0.2) is 11.4 Å². The average molecular weight is 207 g/mol. The monoisotopic (exact) mass is 206 g/mol. The maximum Gasteiger partial charge on any atom is 0.411 e. The number of hydrogen-bond acceptors (Lipinski definition) is 3. The van der Waals surface area contributed by atoms with Gasteiger partial charge in [0.2, 0.25) is 0 Å². The molecule has 0 aromatic carbocycles. The fraction of sp³-hybridized carbons (Fsp3) is 0.778. The van der Waals surface area contributed by atoms with E-state index in [1.54, 1.807) is 6.92 Å². The van der Waals surface area contributed by atoms with E-state index in [4.69, 9.17) is 11.6 Å². The van der Waals surface area contributed by atoms with Gasteiger partial charge in [-0.3, -0.25) is 4.79 Å². The molecule has 0 radical (unpaired) electrons. The summed E-state index contributed by atoms with van der Waals surface area (Å²) >= 11 is 4.90. The largest absolute Gasteiger partial charge is 0.411 e. The summed E-state index contributed by atoms with van der Waals surface area (Å²) in [5.41, 5.74) is -1.05. The van der Waals surface area contributed by atoms with Crippen molar-refractivity contribution in [2.24, 2.45) is 5.92 Å². The first-order valence-corrected chi connectivity index (χ1v) is 4.86. The lowest BCUT2D eigenvalue weighted by Crippen LogP contribution is -2.15. The molecule has 0 aromatic heterocycles. The SMILES string of the molecule is CCCCCC(C)C(=O)OC(=O)Cl. The van der Waals surface area contributed by atoms with Gasteiger partial charge in [-0.2, -0.15) is 0 Å². The second-order valence-electron chi connectivity index (χ2n) is 3.06. The highest BCUT2D eigenvalue weighted by atomic mass is 35.5. The van der Waals surface area contributed by atoms with E-state index in [1.807, 2.05) is 0 Å². The molecule has 0 N–H and O–H groups in total. The Kier molecular flexibility index (Phi) is 6.59. The molecule has 0 saturated carbocycles. The van der Waals surface area contributed by atoms with Gasteiger partial charge < -0.3 is 4.74 Å². The van der Waals surface area contributed by atoms with Gasteiger partial charge in [0.05, 0.1) is 5.92 Å². The first-order valence-electron chi connectivity index (χ1n) is 4.49. The van der Waals surface area contributed by atoms with Crippen molar-refractivity contribution in [3.8, 4) is 0 Å². The molecule has 1 atom stereocenters. The second kappa shape index (κ2) is 6.89. The van der Waals surface area contributed by atoms with Gasteiger partial charge in [-0.25, -0.2) is 4.79 Å². The van der Waals surface area contributed by atoms with E-state index in [0.717, 1.165) is 25.7 Å². The predicted octanol–water partition coefficient (Wildman–Crippen LogP) is 3.10. The molecule has 13 heavy (non-hydrogen) atoms. The first-order chi connectivity index (χ1) is 6.07. The van der Waals surface area contributed by atoms with Gasteiger partial charge in [-0.15, -0.1) is 0 Å². The molecular formula is C9H15ClO3. The summed E-state index contributed by atoms with van der Waals surface area (Å²) in [5, 5.41) is 0. The maximum atomic E-state index is 11.0. The molecule has 0 aromatic rings. The Morgan fingerprint density at radius 3 is 2.46 bits per heavy atom. The fourth-order valence-corrected chi connectivity index (χ4v) is 1.07. The lowest BCUT2D eigenvalue weighted by Gasteiger charge is -2.07. The standard InChI is InChI=1S/C9H15ClO3/c1-3-4-5-6-7(2)8(11)13-9(10)12/h7H,3-6H2,1-2H3. The van der Waals surface area contributed by atoms with Gasteiger partial charge in [0.1, 0.15) is 0 Å². The Morgan fingerprint density at radius 2 is 2.00 bits per heavy atom. The number of hydrogen-bond donors (Lipinski definition) is 0. The van der Waals surface area contributed by atoms with Crippen molar-refractivity contribution in [1.29, 1.82) is 0 Å². The van der Waals surface area contributed by atoms with Gasteiger partial charge in [0.15, 0.2) is 0 Å². The van der Waals surface area contributed by atoms with Gasteiger partial charge in [0.25, 0.3) is 0 Å². The van der Waals surface area contributed by atoms with E-state index >= 15 is 0 Å². The Bertz CT molecular complexity index is 180. The molecule has 0 amide bonds.